The summed E-state index contributed by atoms with van der Waals surface area (Å²) in [5.74, 6) is 0.681. The fourth-order valence-corrected chi connectivity index (χ4v) is 6.25. The highest BCUT2D eigenvalue weighted by molar-refractivity contribution is 6.37. The van der Waals surface area contributed by atoms with Gasteiger partial charge in [-0.1, -0.05) is 35.0 Å². The Hall–Kier alpha value is -5.23. The first-order valence-corrected chi connectivity index (χ1v) is 14.8. The SMILES string of the molecule is COC(=O)[C@H]1CCCN1c1onc2c1c(=O)n(-c1cccc(CC(=O)Nc3cc(OC)c(OC)c(OC)c3)c1)c1cccc(Cl)c21. The fraction of sp³-hybridized carbons (Fsp3) is 0.273. The van der Waals surface area contributed by atoms with E-state index >= 15 is 0 Å². The van der Waals surface area contributed by atoms with Crippen molar-refractivity contribution in [3.63, 3.8) is 0 Å². The minimum Gasteiger partial charge on any atom is -0.493 e. The molecule has 0 bridgehead atoms. The number of esters is 1. The van der Waals surface area contributed by atoms with E-state index in [0.717, 1.165) is 0 Å². The van der Waals surface area contributed by atoms with Crippen molar-refractivity contribution in [3.05, 3.63) is 75.5 Å². The molecule has 0 aliphatic carbocycles. The molecule has 1 amide bonds. The van der Waals surface area contributed by atoms with Crippen molar-refractivity contribution in [2.75, 3.05) is 45.2 Å². The van der Waals surface area contributed by atoms with E-state index in [2.05, 4.69) is 10.5 Å². The monoisotopic (exact) mass is 646 g/mol. The smallest absolute Gasteiger partial charge is 0.328 e. The van der Waals surface area contributed by atoms with Gasteiger partial charge in [-0.25, -0.2) is 4.79 Å². The van der Waals surface area contributed by atoms with Gasteiger partial charge in [0.25, 0.3) is 5.56 Å². The van der Waals surface area contributed by atoms with Crippen LogP contribution in [0.1, 0.15) is 18.4 Å². The number of nitrogens with one attached hydrogen (secondary N) is 1. The summed E-state index contributed by atoms with van der Waals surface area (Å²) in [7, 11) is 5.82. The van der Waals surface area contributed by atoms with Crippen LogP contribution in [0.4, 0.5) is 11.6 Å². The molecule has 2 aromatic heterocycles. The van der Waals surface area contributed by atoms with E-state index in [4.69, 9.17) is 35.1 Å². The van der Waals surface area contributed by atoms with Crippen molar-refractivity contribution in [1.29, 1.82) is 0 Å². The summed E-state index contributed by atoms with van der Waals surface area (Å²) in [4.78, 5) is 41.8. The van der Waals surface area contributed by atoms with Crippen molar-refractivity contribution in [3.8, 4) is 22.9 Å². The lowest BCUT2D eigenvalue weighted by atomic mass is 10.1. The number of halogens is 1. The van der Waals surface area contributed by atoms with Crippen molar-refractivity contribution in [2.45, 2.75) is 25.3 Å². The predicted molar refractivity (Wildman–Crippen MR) is 173 cm³/mol. The first-order valence-electron chi connectivity index (χ1n) is 14.5. The summed E-state index contributed by atoms with van der Waals surface area (Å²) in [5, 5.41) is 8.22. The second kappa shape index (κ2) is 12.6. The van der Waals surface area contributed by atoms with Crippen LogP contribution in [0.5, 0.6) is 17.2 Å². The molecular formula is C33H31ClN4O8. The van der Waals surface area contributed by atoms with Crippen LogP contribution in [0.3, 0.4) is 0 Å². The summed E-state index contributed by atoms with van der Waals surface area (Å²) >= 11 is 6.69. The van der Waals surface area contributed by atoms with Crippen molar-refractivity contribution in [1.82, 2.24) is 9.72 Å². The molecule has 13 heteroatoms. The van der Waals surface area contributed by atoms with Crippen LogP contribution in [-0.2, 0) is 20.7 Å². The second-order valence-corrected chi connectivity index (χ2v) is 11.1. The zero-order valence-corrected chi connectivity index (χ0v) is 26.3. The summed E-state index contributed by atoms with van der Waals surface area (Å²) in [6.45, 7) is 0.487. The maximum absolute atomic E-state index is 14.4. The maximum atomic E-state index is 14.4. The largest absolute Gasteiger partial charge is 0.493 e. The molecule has 0 spiro atoms. The van der Waals surface area contributed by atoms with E-state index in [0.29, 0.717) is 75.0 Å². The third-order valence-corrected chi connectivity index (χ3v) is 8.34. The Morgan fingerprint density at radius 3 is 2.43 bits per heavy atom. The lowest BCUT2D eigenvalue weighted by Gasteiger charge is -2.21. The molecule has 5 aromatic rings. The number of ether oxygens (including phenoxy) is 4. The molecule has 3 heterocycles. The van der Waals surface area contributed by atoms with Gasteiger partial charge in [0, 0.05) is 35.4 Å². The number of fused-ring (bicyclic) bond motifs is 3. The number of benzene rings is 3. The van der Waals surface area contributed by atoms with Crippen LogP contribution in [0.2, 0.25) is 5.02 Å². The third kappa shape index (κ3) is 5.34. The molecule has 3 aromatic carbocycles. The van der Waals surface area contributed by atoms with E-state index in [1.165, 1.54) is 33.0 Å². The molecule has 1 aliphatic rings. The Morgan fingerprint density at radius 2 is 1.74 bits per heavy atom. The van der Waals surface area contributed by atoms with Gasteiger partial charge in [0.1, 0.15) is 16.9 Å². The number of methoxy groups -OCH3 is 4. The Morgan fingerprint density at radius 1 is 1.00 bits per heavy atom. The van der Waals surface area contributed by atoms with E-state index in [-0.39, 0.29) is 23.6 Å². The van der Waals surface area contributed by atoms with Crippen LogP contribution in [-0.4, -0.2) is 62.6 Å². The fourth-order valence-electron chi connectivity index (χ4n) is 5.99. The number of carbonyl (C=O) groups excluding carboxylic acids is 2. The van der Waals surface area contributed by atoms with Crippen LogP contribution in [0.25, 0.3) is 27.5 Å². The molecule has 1 atom stereocenters. The molecule has 1 aliphatic heterocycles. The Balaban J connectivity index is 1.40. The van der Waals surface area contributed by atoms with Gasteiger partial charge in [-0.15, -0.1) is 0 Å². The summed E-state index contributed by atoms with van der Waals surface area (Å²) < 4.78 is 28.4. The first-order chi connectivity index (χ1) is 22.3. The molecule has 46 heavy (non-hydrogen) atoms. The van der Waals surface area contributed by atoms with Gasteiger partial charge in [-0.05, 0) is 42.7 Å². The normalized spacial score (nSPS) is 14.5. The molecule has 0 saturated carbocycles. The molecule has 1 saturated heterocycles. The van der Waals surface area contributed by atoms with E-state index in [1.807, 2.05) is 0 Å². The summed E-state index contributed by atoms with van der Waals surface area (Å²) in [6, 6.07) is 15.0. The average Bonchev–Trinajstić information content (AvgIpc) is 3.72. The van der Waals surface area contributed by atoms with E-state index in [9.17, 15) is 14.4 Å². The topological polar surface area (TPSA) is 134 Å². The number of aromatic nitrogens is 2. The lowest BCUT2D eigenvalue weighted by molar-refractivity contribution is -0.142. The van der Waals surface area contributed by atoms with Gasteiger partial charge < -0.3 is 33.7 Å². The van der Waals surface area contributed by atoms with Gasteiger partial charge in [0.2, 0.25) is 17.5 Å². The van der Waals surface area contributed by atoms with Crippen LogP contribution in [0.15, 0.2) is 63.9 Å². The number of hydrogen-bond donors (Lipinski definition) is 1. The molecular weight excluding hydrogens is 616 g/mol. The van der Waals surface area contributed by atoms with E-state index in [1.54, 1.807) is 59.5 Å². The number of amides is 1. The molecule has 0 radical (unpaired) electrons. The van der Waals surface area contributed by atoms with Gasteiger partial charge in [-0.3, -0.25) is 14.2 Å². The van der Waals surface area contributed by atoms with Crippen LogP contribution < -0.4 is 30.0 Å². The highest BCUT2D eigenvalue weighted by atomic mass is 35.5. The third-order valence-electron chi connectivity index (χ3n) is 8.03. The van der Waals surface area contributed by atoms with Gasteiger partial charge in [0.15, 0.2) is 11.5 Å². The number of hydrogen-bond acceptors (Lipinski definition) is 10. The molecule has 12 nitrogen and oxygen atoms in total. The predicted octanol–water partition coefficient (Wildman–Crippen LogP) is 5.13. The van der Waals surface area contributed by atoms with Gasteiger partial charge in [-0.2, -0.15) is 0 Å². The maximum Gasteiger partial charge on any atom is 0.328 e. The van der Waals surface area contributed by atoms with Gasteiger partial charge >= 0.3 is 5.97 Å². The Bertz CT molecular complexity index is 2010. The second-order valence-electron chi connectivity index (χ2n) is 10.7. The van der Waals surface area contributed by atoms with Crippen LogP contribution >= 0.6 is 11.6 Å². The van der Waals surface area contributed by atoms with Crippen molar-refractivity contribution >= 4 is 56.9 Å². The average molecular weight is 647 g/mol. The molecule has 1 N–H and O–H groups in total. The molecule has 0 unspecified atom stereocenters. The zero-order valence-electron chi connectivity index (χ0n) is 25.6. The van der Waals surface area contributed by atoms with E-state index < -0.39 is 17.6 Å². The zero-order chi connectivity index (χ0) is 32.5. The quantitative estimate of drug-likeness (QED) is 0.215. The van der Waals surface area contributed by atoms with Gasteiger partial charge in [0.05, 0.1) is 45.4 Å². The van der Waals surface area contributed by atoms with Crippen molar-refractivity contribution in [2.24, 2.45) is 0 Å². The minimum absolute atomic E-state index is 0.00723. The lowest BCUT2D eigenvalue weighted by Crippen LogP contribution is -2.37. The number of anilines is 2. The standard InChI is InChI=1S/C33H31ClN4O8/c1-42-24-16-19(17-25(43-2)30(24)44-3)35-26(39)15-18-8-5-9-20(14-18)38-22-11-6-10-21(34)27(22)29-28(31(38)40)32(46-36-29)37-13-7-12-23(37)33(41)45-4/h5-6,8-11,14,16-17,23H,7,12-13,15H2,1-4H3,(H,35,39)/t23-/m1/s1. The van der Waals surface area contributed by atoms with Crippen LogP contribution in [0, 0.1) is 0 Å². The number of rotatable bonds is 9. The van der Waals surface area contributed by atoms with Crippen molar-refractivity contribution < 1.29 is 33.1 Å². The highest BCUT2D eigenvalue weighted by Gasteiger charge is 2.36. The Labute approximate surface area is 268 Å². The summed E-state index contributed by atoms with van der Waals surface area (Å²) in [5.41, 5.74) is 2.03. The molecule has 1 fully saturated rings. The molecule has 238 valence electrons. The highest BCUT2D eigenvalue weighted by Crippen LogP contribution is 2.40. The molecule has 6 rings (SSSR count). The minimum atomic E-state index is -0.608. The summed E-state index contributed by atoms with van der Waals surface area (Å²) in [6.07, 6.45) is 1.27. The number of nitrogens with zero attached hydrogens (tertiary/aromatic N) is 3. The first kappa shape index (κ1) is 30.8. The Kier molecular flexibility index (Phi) is 8.46. The number of pyridine rings is 1. The number of carbonyl (C=O) groups is 2.